The highest BCUT2D eigenvalue weighted by atomic mass is 127. The molecule has 2 aliphatic rings. The van der Waals surface area contributed by atoms with Gasteiger partial charge in [0.2, 0.25) is 11.8 Å². The fraction of sp³-hybridized carbons (Fsp3) is 0.607. The molecular weight excluding hydrogens is 603 g/mol. The van der Waals surface area contributed by atoms with Gasteiger partial charge >= 0.3 is 0 Å². The second-order valence-electron chi connectivity index (χ2n) is 9.97. The van der Waals surface area contributed by atoms with E-state index in [0.717, 1.165) is 25.7 Å². The van der Waals surface area contributed by atoms with Crippen molar-refractivity contribution >= 4 is 40.7 Å². The van der Waals surface area contributed by atoms with Crippen LogP contribution in [0.5, 0.6) is 11.5 Å². The highest BCUT2D eigenvalue weighted by Crippen LogP contribution is 2.37. The van der Waals surface area contributed by atoms with E-state index in [1.807, 2.05) is 29.5 Å². The number of halogens is 1. The molecule has 9 nitrogen and oxygen atoms in total. The van der Waals surface area contributed by atoms with Crippen LogP contribution in [0.2, 0.25) is 0 Å². The molecule has 210 valence electrons. The van der Waals surface area contributed by atoms with Gasteiger partial charge in [-0.25, -0.2) is 0 Å². The SMILES string of the molecule is CCCC(=O)N(CC1CCCCC1)[C@@H]1CC(C(=O)NCCO)=C[C@H](Oc2c(I)cc(C=O)cc2OC)[C@H]1O. The van der Waals surface area contributed by atoms with E-state index in [-0.39, 0.29) is 31.4 Å². The zero-order chi connectivity index (χ0) is 27.7. The molecule has 2 aliphatic carbocycles. The maximum Gasteiger partial charge on any atom is 0.247 e. The molecule has 10 heteroatoms. The molecule has 1 fully saturated rings. The van der Waals surface area contributed by atoms with Gasteiger partial charge in [0.1, 0.15) is 18.5 Å². The summed E-state index contributed by atoms with van der Waals surface area (Å²) in [5, 5.41) is 23.5. The molecule has 3 N–H and O–H groups in total. The third-order valence-corrected chi connectivity index (χ3v) is 8.02. The van der Waals surface area contributed by atoms with Crippen molar-refractivity contribution in [1.82, 2.24) is 10.2 Å². The number of methoxy groups -OCH3 is 1. The summed E-state index contributed by atoms with van der Waals surface area (Å²) in [5.74, 6) is 0.608. The molecule has 0 aromatic heterocycles. The summed E-state index contributed by atoms with van der Waals surface area (Å²) in [7, 11) is 1.46. The Balaban J connectivity index is 1.98. The van der Waals surface area contributed by atoms with Gasteiger partial charge in [-0.05, 0) is 66.0 Å². The lowest BCUT2D eigenvalue weighted by Gasteiger charge is -2.42. The standard InChI is InChI=1S/C28H39IN2O7/c1-3-7-25(34)31(16-18-8-5-4-6-9-18)22-14-20(28(36)30-10-11-32)15-23(26(22)35)38-27-21(29)12-19(17-33)13-24(27)37-2/h12-13,15,17-18,22-23,26,32,35H,3-11,14,16H2,1-2H3,(H,30,36)/t22-,23+,26+/m1/s1. The third-order valence-electron chi connectivity index (χ3n) is 7.22. The lowest BCUT2D eigenvalue weighted by atomic mass is 9.85. The summed E-state index contributed by atoms with van der Waals surface area (Å²) >= 11 is 2.04. The van der Waals surface area contributed by atoms with Crippen molar-refractivity contribution in [2.24, 2.45) is 5.92 Å². The number of nitrogens with one attached hydrogen (secondary N) is 1. The second kappa shape index (κ2) is 14.8. The van der Waals surface area contributed by atoms with Crippen molar-refractivity contribution in [3.63, 3.8) is 0 Å². The molecule has 0 saturated heterocycles. The van der Waals surface area contributed by atoms with Crippen molar-refractivity contribution < 1.29 is 34.1 Å². The summed E-state index contributed by atoms with van der Waals surface area (Å²) < 4.78 is 12.3. The number of carbonyl (C=O) groups is 3. The molecule has 0 unspecified atom stereocenters. The molecule has 0 spiro atoms. The second-order valence-corrected chi connectivity index (χ2v) is 11.1. The van der Waals surface area contributed by atoms with E-state index in [4.69, 9.17) is 9.47 Å². The largest absolute Gasteiger partial charge is 0.493 e. The molecule has 0 heterocycles. The highest BCUT2D eigenvalue weighted by Gasteiger charge is 2.41. The molecule has 3 atom stereocenters. The Kier molecular flexibility index (Phi) is 11.9. The van der Waals surface area contributed by atoms with Crippen LogP contribution in [0.1, 0.15) is 68.6 Å². The van der Waals surface area contributed by atoms with Crippen molar-refractivity contribution in [2.75, 3.05) is 26.8 Å². The number of rotatable bonds is 12. The van der Waals surface area contributed by atoms with Gasteiger partial charge in [0.05, 0.1) is 23.3 Å². The number of hydrogen-bond donors (Lipinski definition) is 3. The summed E-state index contributed by atoms with van der Waals surface area (Å²) in [6.45, 7) is 2.37. The van der Waals surface area contributed by atoms with Gasteiger partial charge in [0.25, 0.3) is 0 Å². The van der Waals surface area contributed by atoms with Gasteiger partial charge in [0.15, 0.2) is 11.5 Å². The fourth-order valence-corrected chi connectivity index (χ4v) is 6.02. The van der Waals surface area contributed by atoms with E-state index in [2.05, 4.69) is 5.32 Å². The molecule has 1 aromatic carbocycles. The topological polar surface area (TPSA) is 125 Å². The first-order chi connectivity index (χ1) is 18.3. The average Bonchev–Trinajstić information content (AvgIpc) is 2.93. The first-order valence-corrected chi connectivity index (χ1v) is 14.5. The molecule has 1 aromatic rings. The minimum Gasteiger partial charge on any atom is -0.493 e. The van der Waals surface area contributed by atoms with E-state index < -0.39 is 18.2 Å². The molecule has 38 heavy (non-hydrogen) atoms. The van der Waals surface area contributed by atoms with Crippen LogP contribution < -0.4 is 14.8 Å². The third kappa shape index (κ3) is 7.69. The Hall–Kier alpha value is -2.18. The number of benzene rings is 1. The zero-order valence-corrected chi connectivity index (χ0v) is 24.3. The van der Waals surface area contributed by atoms with Gasteiger partial charge < -0.3 is 29.9 Å². The first-order valence-electron chi connectivity index (χ1n) is 13.4. The van der Waals surface area contributed by atoms with Crippen LogP contribution in [0.25, 0.3) is 0 Å². The molecule has 3 rings (SSSR count). The van der Waals surface area contributed by atoms with Gasteiger partial charge in [0, 0.05) is 37.1 Å². The number of ether oxygens (including phenoxy) is 2. The van der Waals surface area contributed by atoms with Crippen LogP contribution in [-0.2, 0) is 9.59 Å². The van der Waals surface area contributed by atoms with E-state index in [1.54, 1.807) is 23.1 Å². The first kappa shape index (κ1) is 30.4. The highest BCUT2D eigenvalue weighted by molar-refractivity contribution is 14.1. The van der Waals surface area contributed by atoms with Crippen LogP contribution in [-0.4, -0.2) is 78.3 Å². The predicted molar refractivity (Wildman–Crippen MR) is 151 cm³/mol. The van der Waals surface area contributed by atoms with Crippen LogP contribution in [0.3, 0.4) is 0 Å². The van der Waals surface area contributed by atoms with E-state index in [0.29, 0.717) is 57.8 Å². The number of amides is 2. The van der Waals surface area contributed by atoms with Crippen LogP contribution in [0.4, 0.5) is 0 Å². The average molecular weight is 643 g/mol. The van der Waals surface area contributed by atoms with Crippen LogP contribution in [0.15, 0.2) is 23.8 Å². The molecule has 0 bridgehead atoms. The predicted octanol–water partition coefficient (Wildman–Crippen LogP) is 3.24. The lowest BCUT2D eigenvalue weighted by molar-refractivity contribution is -0.139. The monoisotopic (exact) mass is 642 g/mol. The van der Waals surface area contributed by atoms with Gasteiger partial charge in [-0.1, -0.05) is 26.2 Å². The molecule has 0 aliphatic heterocycles. The van der Waals surface area contributed by atoms with Crippen molar-refractivity contribution in [2.45, 2.75) is 76.5 Å². The Morgan fingerprint density at radius 1 is 1.24 bits per heavy atom. The van der Waals surface area contributed by atoms with Crippen LogP contribution in [0, 0.1) is 9.49 Å². The minimum absolute atomic E-state index is 0.0413. The van der Waals surface area contributed by atoms with Crippen molar-refractivity contribution in [3.8, 4) is 11.5 Å². The Morgan fingerprint density at radius 2 is 1.97 bits per heavy atom. The molecular formula is C28H39IN2O7. The van der Waals surface area contributed by atoms with Gasteiger partial charge in [-0.2, -0.15) is 0 Å². The number of nitrogens with zero attached hydrogens (tertiary/aromatic N) is 1. The quantitative estimate of drug-likeness (QED) is 0.236. The number of hydrogen-bond acceptors (Lipinski definition) is 7. The number of aliphatic hydroxyl groups excluding tert-OH is 2. The molecule has 2 amide bonds. The van der Waals surface area contributed by atoms with E-state index in [1.165, 1.54) is 13.5 Å². The van der Waals surface area contributed by atoms with Crippen molar-refractivity contribution in [3.05, 3.63) is 32.9 Å². The maximum atomic E-state index is 13.4. The Labute approximate surface area is 238 Å². The van der Waals surface area contributed by atoms with Crippen LogP contribution >= 0.6 is 22.6 Å². The Morgan fingerprint density at radius 3 is 2.61 bits per heavy atom. The summed E-state index contributed by atoms with van der Waals surface area (Å²) in [6.07, 6.45) is 7.00. The fourth-order valence-electron chi connectivity index (χ4n) is 5.27. The summed E-state index contributed by atoms with van der Waals surface area (Å²) in [6, 6.07) is 2.55. The number of aliphatic hydroxyl groups is 2. The smallest absolute Gasteiger partial charge is 0.247 e. The summed E-state index contributed by atoms with van der Waals surface area (Å²) in [4.78, 5) is 39.5. The minimum atomic E-state index is -1.10. The van der Waals surface area contributed by atoms with E-state index >= 15 is 0 Å². The maximum absolute atomic E-state index is 13.4. The number of carbonyl (C=O) groups excluding carboxylic acids is 3. The molecule has 0 radical (unpaired) electrons. The normalized spacial score (nSPS) is 21.8. The van der Waals surface area contributed by atoms with Crippen molar-refractivity contribution in [1.29, 1.82) is 0 Å². The molecule has 1 saturated carbocycles. The number of aldehydes is 1. The Bertz CT molecular complexity index is 1010. The summed E-state index contributed by atoms with van der Waals surface area (Å²) in [5.41, 5.74) is 0.805. The van der Waals surface area contributed by atoms with E-state index in [9.17, 15) is 24.6 Å². The zero-order valence-electron chi connectivity index (χ0n) is 22.2. The van der Waals surface area contributed by atoms with Gasteiger partial charge in [-0.3, -0.25) is 14.4 Å². The van der Waals surface area contributed by atoms with Gasteiger partial charge in [-0.15, -0.1) is 0 Å². The lowest BCUT2D eigenvalue weighted by Crippen LogP contribution is -2.56.